The predicted molar refractivity (Wildman–Crippen MR) is 201 cm³/mol. The van der Waals surface area contributed by atoms with Gasteiger partial charge in [-0.3, -0.25) is 4.98 Å². The lowest BCUT2D eigenvalue weighted by Gasteiger charge is -2.13. The zero-order valence-electron chi connectivity index (χ0n) is 25.9. The lowest BCUT2D eigenvalue weighted by molar-refractivity contribution is 1.17. The van der Waals surface area contributed by atoms with Gasteiger partial charge in [-0.25, -0.2) is 0 Å². The van der Waals surface area contributed by atoms with E-state index in [4.69, 9.17) is 4.98 Å². The number of nitriles is 2. The van der Waals surface area contributed by atoms with Crippen molar-refractivity contribution >= 4 is 75.3 Å². The zero-order valence-corrected chi connectivity index (χ0v) is 26.7. The Bertz CT molecular complexity index is 3090. The van der Waals surface area contributed by atoms with Gasteiger partial charge in [0.1, 0.15) is 0 Å². The van der Waals surface area contributed by atoms with Crippen LogP contribution in [0, 0.1) is 22.7 Å². The summed E-state index contributed by atoms with van der Waals surface area (Å²) in [5.41, 5.74) is 10.2. The van der Waals surface area contributed by atoms with Gasteiger partial charge in [-0.15, -0.1) is 11.3 Å². The average molecular weight is 642 g/mol. The second kappa shape index (κ2) is 10.4. The molecule has 0 spiro atoms. The van der Waals surface area contributed by atoms with Gasteiger partial charge in [0.25, 0.3) is 0 Å². The van der Waals surface area contributed by atoms with Crippen molar-refractivity contribution in [1.29, 1.82) is 10.5 Å². The predicted octanol–water partition coefficient (Wildman–Crippen LogP) is 11.1. The fourth-order valence-corrected chi connectivity index (χ4v) is 8.57. The molecule has 10 aromatic rings. The lowest BCUT2D eigenvalue weighted by Crippen LogP contribution is -1.97. The van der Waals surface area contributed by atoms with Crippen LogP contribution in [0.25, 0.3) is 86.4 Å². The van der Waals surface area contributed by atoms with Gasteiger partial charge in [0.05, 0.1) is 50.8 Å². The zero-order chi connectivity index (χ0) is 32.6. The van der Waals surface area contributed by atoms with E-state index in [1.54, 1.807) is 0 Å². The number of rotatable bonds is 3. The largest absolute Gasteiger partial charge is 0.309 e. The van der Waals surface area contributed by atoms with Gasteiger partial charge in [-0.2, -0.15) is 10.5 Å². The van der Waals surface area contributed by atoms with Crippen molar-refractivity contribution < 1.29 is 0 Å². The van der Waals surface area contributed by atoms with Crippen molar-refractivity contribution in [3.05, 3.63) is 151 Å². The van der Waals surface area contributed by atoms with Gasteiger partial charge >= 0.3 is 0 Å². The molecule has 226 valence electrons. The van der Waals surface area contributed by atoms with Crippen LogP contribution in [0.4, 0.5) is 0 Å². The minimum absolute atomic E-state index is 0.575. The molecule has 6 heteroatoms. The van der Waals surface area contributed by atoms with Crippen LogP contribution < -0.4 is 0 Å². The van der Waals surface area contributed by atoms with E-state index < -0.39 is 0 Å². The Kier molecular flexibility index (Phi) is 5.81. The topological polar surface area (TPSA) is 70.3 Å². The van der Waals surface area contributed by atoms with Crippen molar-refractivity contribution in [2.24, 2.45) is 0 Å². The van der Waals surface area contributed by atoms with Gasteiger partial charge < -0.3 is 9.13 Å². The van der Waals surface area contributed by atoms with E-state index in [-0.39, 0.29) is 0 Å². The summed E-state index contributed by atoms with van der Waals surface area (Å²) in [6.07, 6.45) is 1.86. The highest BCUT2D eigenvalue weighted by atomic mass is 32.1. The minimum atomic E-state index is 0.575. The number of nitrogens with zero attached hydrogens (tertiary/aromatic N) is 5. The average Bonchev–Trinajstić information content (AvgIpc) is 3.80. The summed E-state index contributed by atoms with van der Waals surface area (Å²) in [5.74, 6) is 0. The number of benzene rings is 6. The number of para-hydroxylation sites is 1. The van der Waals surface area contributed by atoms with Crippen LogP contribution in [0.3, 0.4) is 0 Å². The molecule has 0 saturated heterocycles. The molecule has 49 heavy (non-hydrogen) atoms. The lowest BCUT2D eigenvalue weighted by atomic mass is 10.0. The standard InChI is InChI=1S/C43H23N5S/c44-24-26-14-15-38-34(19-26)32-9-1-3-11-37(32)48(38)31-18-27(25-45)17-29(21-31)28-7-5-8-30(20-28)47-39-12-6-16-46-43(39)36-22-35-33-10-2-4-13-41(33)49-42(35)23-40(36)47/h1-23H. The number of pyridine rings is 1. The summed E-state index contributed by atoms with van der Waals surface area (Å²) >= 11 is 1.82. The van der Waals surface area contributed by atoms with Crippen LogP contribution in [0.15, 0.2) is 140 Å². The monoisotopic (exact) mass is 641 g/mol. The highest BCUT2D eigenvalue weighted by molar-refractivity contribution is 7.25. The Hall–Kier alpha value is -6.73. The molecule has 0 unspecified atom stereocenters. The number of thiophene rings is 1. The quantitative estimate of drug-likeness (QED) is 0.193. The molecule has 5 nitrogen and oxygen atoms in total. The maximum Gasteiger partial charge on any atom is 0.0992 e. The van der Waals surface area contributed by atoms with E-state index in [1.807, 2.05) is 66.1 Å². The second-order valence-electron chi connectivity index (χ2n) is 12.3. The maximum atomic E-state index is 10.2. The second-order valence-corrected chi connectivity index (χ2v) is 13.4. The number of hydrogen-bond donors (Lipinski definition) is 0. The molecule has 0 aliphatic heterocycles. The summed E-state index contributed by atoms with van der Waals surface area (Å²) in [6, 6.07) is 50.6. The van der Waals surface area contributed by atoms with E-state index in [1.165, 1.54) is 20.2 Å². The first-order valence-corrected chi connectivity index (χ1v) is 16.8. The Balaban J connectivity index is 1.19. The third-order valence-corrected chi connectivity index (χ3v) is 10.7. The first-order chi connectivity index (χ1) is 24.2. The Morgan fingerprint density at radius 1 is 0.469 bits per heavy atom. The summed E-state index contributed by atoms with van der Waals surface area (Å²) < 4.78 is 7.01. The summed E-state index contributed by atoms with van der Waals surface area (Å²) in [6.45, 7) is 0. The normalized spacial score (nSPS) is 11.6. The molecular weight excluding hydrogens is 619 g/mol. The molecule has 0 aliphatic rings. The van der Waals surface area contributed by atoms with E-state index in [0.717, 1.165) is 66.2 Å². The van der Waals surface area contributed by atoms with Crippen LogP contribution in [0.2, 0.25) is 0 Å². The molecule has 6 aromatic carbocycles. The van der Waals surface area contributed by atoms with E-state index >= 15 is 0 Å². The molecule has 10 rings (SSSR count). The molecule has 0 aliphatic carbocycles. The van der Waals surface area contributed by atoms with E-state index in [0.29, 0.717) is 11.1 Å². The molecule has 0 fully saturated rings. The molecule has 0 saturated carbocycles. The Morgan fingerprint density at radius 3 is 2.14 bits per heavy atom. The first-order valence-electron chi connectivity index (χ1n) is 16.0. The van der Waals surface area contributed by atoms with Crippen LogP contribution >= 0.6 is 11.3 Å². The van der Waals surface area contributed by atoms with Crippen molar-refractivity contribution in [1.82, 2.24) is 14.1 Å². The van der Waals surface area contributed by atoms with Gasteiger partial charge in [-0.05, 0) is 96.1 Å². The Labute approximate surface area is 284 Å². The maximum absolute atomic E-state index is 10.2. The molecule has 0 N–H and O–H groups in total. The van der Waals surface area contributed by atoms with Crippen molar-refractivity contribution in [3.63, 3.8) is 0 Å². The van der Waals surface area contributed by atoms with Crippen molar-refractivity contribution in [2.75, 3.05) is 0 Å². The highest BCUT2D eigenvalue weighted by Crippen LogP contribution is 2.41. The van der Waals surface area contributed by atoms with Gasteiger partial charge in [0, 0.05) is 53.9 Å². The van der Waals surface area contributed by atoms with Crippen LogP contribution in [0.1, 0.15) is 11.1 Å². The minimum Gasteiger partial charge on any atom is -0.309 e. The molecular formula is C43H23N5S. The smallest absolute Gasteiger partial charge is 0.0992 e. The summed E-state index contributed by atoms with van der Waals surface area (Å²) in [5, 5.41) is 25.5. The van der Waals surface area contributed by atoms with Crippen molar-refractivity contribution in [3.8, 4) is 34.6 Å². The molecule has 0 bridgehead atoms. The molecule has 4 aromatic heterocycles. The van der Waals surface area contributed by atoms with E-state index in [9.17, 15) is 10.5 Å². The third-order valence-electron chi connectivity index (χ3n) is 9.56. The van der Waals surface area contributed by atoms with Gasteiger partial charge in [0.2, 0.25) is 0 Å². The summed E-state index contributed by atoms with van der Waals surface area (Å²) in [7, 11) is 0. The van der Waals surface area contributed by atoms with Crippen LogP contribution in [0.5, 0.6) is 0 Å². The Morgan fingerprint density at radius 2 is 1.24 bits per heavy atom. The van der Waals surface area contributed by atoms with Crippen molar-refractivity contribution in [2.45, 2.75) is 0 Å². The fourth-order valence-electron chi connectivity index (χ4n) is 7.44. The van der Waals surface area contributed by atoms with Gasteiger partial charge in [0.15, 0.2) is 0 Å². The van der Waals surface area contributed by atoms with Crippen LogP contribution in [-0.2, 0) is 0 Å². The molecule has 0 amide bonds. The van der Waals surface area contributed by atoms with E-state index in [2.05, 4.69) is 106 Å². The van der Waals surface area contributed by atoms with Gasteiger partial charge in [-0.1, -0.05) is 48.5 Å². The highest BCUT2D eigenvalue weighted by Gasteiger charge is 2.18. The molecule has 0 atom stereocenters. The number of hydrogen-bond acceptors (Lipinski definition) is 4. The molecule has 0 radical (unpaired) electrons. The fraction of sp³-hybridized carbons (Fsp3) is 0. The molecule has 4 heterocycles. The SMILES string of the molecule is N#Cc1cc(-c2cccc(-n3c4cc5sc6ccccc6c5cc4c4ncccc43)c2)cc(-n2c3ccccc3c3cc(C#N)ccc32)c1. The number of aromatic nitrogens is 3. The summed E-state index contributed by atoms with van der Waals surface area (Å²) in [4.78, 5) is 4.86. The first kappa shape index (κ1) is 27.4. The van der Waals surface area contributed by atoms with Crippen LogP contribution in [-0.4, -0.2) is 14.1 Å². The third kappa shape index (κ3) is 4.06. The number of fused-ring (bicyclic) bond motifs is 9.